The standard InChI is InChI=1S/C10H20O/c1-8(2)6-5-7-10(11)9(3)4/h9-11H,1,5-7H2,2-4H3/t10-/m0/s1. The van der Waals surface area contributed by atoms with E-state index in [4.69, 9.17) is 0 Å². The predicted molar refractivity (Wildman–Crippen MR) is 49.5 cm³/mol. The van der Waals surface area contributed by atoms with Gasteiger partial charge in [0, 0.05) is 0 Å². The summed E-state index contributed by atoms with van der Waals surface area (Å²) in [6.45, 7) is 9.94. The van der Waals surface area contributed by atoms with E-state index in [2.05, 4.69) is 6.58 Å². The summed E-state index contributed by atoms with van der Waals surface area (Å²) in [5, 5.41) is 9.41. The van der Waals surface area contributed by atoms with Crippen molar-refractivity contribution in [1.29, 1.82) is 0 Å². The summed E-state index contributed by atoms with van der Waals surface area (Å²) in [6.07, 6.45) is 2.89. The minimum Gasteiger partial charge on any atom is -0.393 e. The van der Waals surface area contributed by atoms with Gasteiger partial charge < -0.3 is 5.11 Å². The van der Waals surface area contributed by atoms with Crippen molar-refractivity contribution in [3.05, 3.63) is 12.2 Å². The maximum atomic E-state index is 9.41. The summed E-state index contributed by atoms with van der Waals surface area (Å²) in [5.74, 6) is 0.389. The molecule has 0 amide bonds. The summed E-state index contributed by atoms with van der Waals surface area (Å²) < 4.78 is 0. The zero-order chi connectivity index (χ0) is 8.85. The van der Waals surface area contributed by atoms with Gasteiger partial charge in [-0.1, -0.05) is 19.4 Å². The molecule has 0 aliphatic heterocycles. The van der Waals surface area contributed by atoms with Gasteiger partial charge in [0.15, 0.2) is 0 Å². The Morgan fingerprint density at radius 2 is 2.00 bits per heavy atom. The zero-order valence-corrected chi connectivity index (χ0v) is 7.93. The normalized spacial score (nSPS) is 13.5. The Morgan fingerprint density at radius 3 is 2.36 bits per heavy atom. The van der Waals surface area contributed by atoms with E-state index in [-0.39, 0.29) is 6.10 Å². The maximum absolute atomic E-state index is 9.41. The lowest BCUT2D eigenvalue weighted by molar-refractivity contribution is 0.114. The Morgan fingerprint density at radius 1 is 1.45 bits per heavy atom. The molecule has 66 valence electrons. The van der Waals surface area contributed by atoms with Crippen molar-refractivity contribution in [3.63, 3.8) is 0 Å². The lowest BCUT2D eigenvalue weighted by Crippen LogP contribution is -2.13. The molecule has 0 aliphatic rings. The number of hydrogen-bond acceptors (Lipinski definition) is 1. The van der Waals surface area contributed by atoms with Crippen LogP contribution in [0.3, 0.4) is 0 Å². The monoisotopic (exact) mass is 156 g/mol. The highest BCUT2D eigenvalue weighted by molar-refractivity contribution is 4.87. The van der Waals surface area contributed by atoms with Crippen LogP contribution >= 0.6 is 0 Å². The van der Waals surface area contributed by atoms with Crippen LogP contribution in [-0.4, -0.2) is 11.2 Å². The van der Waals surface area contributed by atoms with E-state index in [1.807, 2.05) is 20.8 Å². The van der Waals surface area contributed by atoms with Crippen LogP contribution in [0.4, 0.5) is 0 Å². The third-order valence-electron chi connectivity index (χ3n) is 1.87. The van der Waals surface area contributed by atoms with Crippen LogP contribution < -0.4 is 0 Å². The molecule has 0 saturated heterocycles. The average Bonchev–Trinajstić information content (AvgIpc) is 1.86. The van der Waals surface area contributed by atoms with Crippen LogP contribution in [-0.2, 0) is 0 Å². The fourth-order valence-electron chi connectivity index (χ4n) is 0.946. The van der Waals surface area contributed by atoms with Gasteiger partial charge in [-0.2, -0.15) is 0 Å². The number of aliphatic hydroxyl groups excluding tert-OH is 1. The van der Waals surface area contributed by atoms with Crippen molar-refractivity contribution in [2.45, 2.75) is 46.1 Å². The Balaban J connectivity index is 3.31. The Bertz CT molecular complexity index is 116. The third kappa shape index (κ3) is 6.11. The molecule has 1 heteroatoms. The van der Waals surface area contributed by atoms with Crippen molar-refractivity contribution in [2.24, 2.45) is 5.92 Å². The Labute approximate surface area is 70.1 Å². The van der Waals surface area contributed by atoms with Gasteiger partial charge in [0.05, 0.1) is 6.10 Å². The summed E-state index contributed by atoms with van der Waals surface area (Å²) in [6, 6.07) is 0. The molecule has 0 saturated carbocycles. The molecule has 1 nitrogen and oxygen atoms in total. The molecule has 1 N–H and O–H groups in total. The van der Waals surface area contributed by atoms with Gasteiger partial charge in [-0.05, 0) is 32.1 Å². The number of hydrogen-bond donors (Lipinski definition) is 1. The first-order valence-electron chi connectivity index (χ1n) is 4.36. The Hall–Kier alpha value is -0.300. The van der Waals surface area contributed by atoms with E-state index in [1.165, 1.54) is 5.57 Å². The highest BCUT2D eigenvalue weighted by Crippen LogP contribution is 2.11. The first kappa shape index (κ1) is 10.7. The molecule has 0 fully saturated rings. The number of rotatable bonds is 5. The topological polar surface area (TPSA) is 20.2 Å². The summed E-state index contributed by atoms with van der Waals surface area (Å²) >= 11 is 0. The molecule has 0 bridgehead atoms. The van der Waals surface area contributed by atoms with Crippen LogP contribution in [0.5, 0.6) is 0 Å². The van der Waals surface area contributed by atoms with Gasteiger partial charge in [-0.15, -0.1) is 6.58 Å². The molecule has 0 aromatic carbocycles. The molecule has 1 atom stereocenters. The fraction of sp³-hybridized carbons (Fsp3) is 0.800. The number of aliphatic hydroxyl groups is 1. The van der Waals surface area contributed by atoms with Crippen molar-refractivity contribution >= 4 is 0 Å². The van der Waals surface area contributed by atoms with Gasteiger partial charge in [-0.25, -0.2) is 0 Å². The highest BCUT2D eigenvalue weighted by atomic mass is 16.3. The van der Waals surface area contributed by atoms with E-state index < -0.39 is 0 Å². The minimum absolute atomic E-state index is 0.130. The fourth-order valence-corrected chi connectivity index (χ4v) is 0.946. The highest BCUT2D eigenvalue weighted by Gasteiger charge is 2.07. The predicted octanol–water partition coefficient (Wildman–Crippen LogP) is 2.75. The third-order valence-corrected chi connectivity index (χ3v) is 1.87. The quantitative estimate of drug-likeness (QED) is 0.607. The van der Waals surface area contributed by atoms with Crippen LogP contribution in [0.15, 0.2) is 12.2 Å². The summed E-state index contributed by atoms with van der Waals surface area (Å²) in [4.78, 5) is 0. The molecule has 0 radical (unpaired) electrons. The molecule has 0 aromatic heterocycles. The first-order chi connectivity index (χ1) is 5.04. The van der Waals surface area contributed by atoms with Gasteiger partial charge in [0.25, 0.3) is 0 Å². The molecule has 0 spiro atoms. The van der Waals surface area contributed by atoms with E-state index in [0.717, 1.165) is 19.3 Å². The van der Waals surface area contributed by atoms with Gasteiger partial charge in [0.1, 0.15) is 0 Å². The SMILES string of the molecule is C=C(C)CCC[C@H](O)C(C)C. The van der Waals surface area contributed by atoms with Crippen molar-refractivity contribution in [2.75, 3.05) is 0 Å². The molecule has 0 unspecified atom stereocenters. The first-order valence-corrected chi connectivity index (χ1v) is 4.36. The number of allylic oxidation sites excluding steroid dienone is 1. The van der Waals surface area contributed by atoms with Gasteiger partial charge in [0.2, 0.25) is 0 Å². The molecule has 0 aromatic rings. The summed E-state index contributed by atoms with van der Waals surface area (Å²) in [7, 11) is 0. The zero-order valence-electron chi connectivity index (χ0n) is 7.93. The van der Waals surface area contributed by atoms with Crippen molar-refractivity contribution in [1.82, 2.24) is 0 Å². The second-order valence-corrected chi connectivity index (χ2v) is 3.66. The van der Waals surface area contributed by atoms with Crippen LogP contribution in [0.25, 0.3) is 0 Å². The molecule has 0 rings (SSSR count). The van der Waals surface area contributed by atoms with Crippen LogP contribution in [0.1, 0.15) is 40.0 Å². The molecule has 0 aliphatic carbocycles. The minimum atomic E-state index is -0.130. The van der Waals surface area contributed by atoms with E-state index >= 15 is 0 Å². The lowest BCUT2D eigenvalue weighted by Gasteiger charge is -2.13. The van der Waals surface area contributed by atoms with Crippen molar-refractivity contribution < 1.29 is 5.11 Å². The smallest absolute Gasteiger partial charge is 0.0563 e. The van der Waals surface area contributed by atoms with E-state index in [9.17, 15) is 5.11 Å². The largest absolute Gasteiger partial charge is 0.393 e. The van der Waals surface area contributed by atoms with E-state index in [0.29, 0.717) is 5.92 Å². The van der Waals surface area contributed by atoms with Gasteiger partial charge >= 0.3 is 0 Å². The van der Waals surface area contributed by atoms with Gasteiger partial charge in [-0.3, -0.25) is 0 Å². The van der Waals surface area contributed by atoms with E-state index in [1.54, 1.807) is 0 Å². The summed E-state index contributed by atoms with van der Waals surface area (Å²) in [5.41, 5.74) is 1.21. The van der Waals surface area contributed by atoms with Crippen molar-refractivity contribution in [3.8, 4) is 0 Å². The molecular formula is C10H20O. The lowest BCUT2D eigenvalue weighted by atomic mass is 10.0. The second-order valence-electron chi connectivity index (χ2n) is 3.66. The maximum Gasteiger partial charge on any atom is 0.0563 e. The molecule has 0 heterocycles. The Kier molecular flexibility index (Phi) is 5.22. The molecular weight excluding hydrogens is 136 g/mol. The molecule has 11 heavy (non-hydrogen) atoms. The average molecular weight is 156 g/mol. The van der Waals surface area contributed by atoms with Crippen LogP contribution in [0, 0.1) is 5.92 Å². The van der Waals surface area contributed by atoms with Crippen LogP contribution in [0.2, 0.25) is 0 Å². The second kappa shape index (κ2) is 5.36.